The van der Waals surface area contributed by atoms with Gasteiger partial charge in [0.1, 0.15) is 17.1 Å². The summed E-state index contributed by atoms with van der Waals surface area (Å²) >= 11 is 0. The minimum Gasteiger partial charge on any atom is -0.493 e. The van der Waals surface area contributed by atoms with Gasteiger partial charge in [0.05, 0.1) is 39.5 Å². The van der Waals surface area contributed by atoms with Crippen LogP contribution < -0.4 is 20.1 Å². The fourth-order valence-corrected chi connectivity index (χ4v) is 6.86. The number of amides is 2. The molecule has 0 fully saturated rings. The molecule has 3 atom stereocenters. The van der Waals surface area contributed by atoms with Crippen molar-refractivity contribution in [1.29, 1.82) is 0 Å². The van der Waals surface area contributed by atoms with Crippen molar-refractivity contribution in [1.82, 2.24) is 0 Å². The van der Waals surface area contributed by atoms with Gasteiger partial charge in [-0.25, -0.2) is 19.2 Å². The SMILES string of the molecule is CCOC(=O)[C@@H](OCC)C(c1ccc(OCCc2ccc(NC(=O)OC(C)(C)C)cc2)cc1)[C@](Cc1ccc(OCCc2ccc(NC(=O)OC)cc2)cc1)(OCC)C(=O)OCC. The van der Waals surface area contributed by atoms with Crippen LogP contribution in [0.5, 0.6) is 11.5 Å². The van der Waals surface area contributed by atoms with Crippen LogP contribution in [0, 0.1) is 0 Å². The van der Waals surface area contributed by atoms with Gasteiger partial charge in [0.15, 0.2) is 11.7 Å². The molecule has 0 aliphatic rings. The number of rotatable bonds is 23. The van der Waals surface area contributed by atoms with E-state index in [1.807, 2.05) is 48.5 Å². The summed E-state index contributed by atoms with van der Waals surface area (Å²) < 4.78 is 46.1. The van der Waals surface area contributed by atoms with E-state index in [-0.39, 0.29) is 32.8 Å². The van der Waals surface area contributed by atoms with Gasteiger partial charge in [0.25, 0.3) is 0 Å². The molecular formula is C49H62N2O12. The van der Waals surface area contributed by atoms with E-state index in [1.54, 1.807) is 97.0 Å². The van der Waals surface area contributed by atoms with Crippen molar-refractivity contribution in [3.63, 3.8) is 0 Å². The Balaban J connectivity index is 1.55. The number of hydrogen-bond donors (Lipinski definition) is 2. The average molecular weight is 871 g/mol. The molecule has 14 nitrogen and oxygen atoms in total. The monoisotopic (exact) mass is 870 g/mol. The molecule has 14 heteroatoms. The van der Waals surface area contributed by atoms with Gasteiger partial charge in [-0.3, -0.25) is 10.6 Å². The number of methoxy groups -OCH3 is 1. The highest BCUT2D eigenvalue weighted by molar-refractivity contribution is 5.86. The Kier molecular flexibility index (Phi) is 19.3. The van der Waals surface area contributed by atoms with Gasteiger partial charge in [-0.2, -0.15) is 0 Å². The lowest BCUT2D eigenvalue weighted by molar-refractivity contribution is -0.187. The summed E-state index contributed by atoms with van der Waals surface area (Å²) in [5, 5.41) is 5.36. The number of carbonyl (C=O) groups excluding carboxylic acids is 4. The number of nitrogens with one attached hydrogen (secondary N) is 2. The Morgan fingerprint density at radius 1 is 0.587 bits per heavy atom. The molecule has 4 aromatic carbocycles. The number of esters is 2. The highest BCUT2D eigenvalue weighted by Crippen LogP contribution is 2.41. The first-order chi connectivity index (χ1) is 30.2. The number of carbonyl (C=O) groups is 4. The predicted molar refractivity (Wildman–Crippen MR) is 240 cm³/mol. The molecule has 340 valence electrons. The van der Waals surface area contributed by atoms with Crippen molar-refractivity contribution in [2.45, 2.75) is 91.0 Å². The Hall–Kier alpha value is -6.12. The molecule has 2 amide bonds. The zero-order valence-electron chi connectivity index (χ0n) is 37.7. The molecule has 63 heavy (non-hydrogen) atoms. The topological polar surface area (TPSA) is 166 Å². The molecule has 0 bridgehead atoms. The summed E-state index contributed by atoms with van der Waals surface area (Å²) in [6.07, 6.45) is -1.05. The third-order valence-corrected chi connectivity index (χ3v) is 9.63. The van der Waals surface area contributed by atoms with Crippen LogP contribution in [0.1, 0.15) is 76.6 Å². The first kappa shape index (κ1) is 49.5. The van der Waals surface area contributed by atoms with Gasteiger partial charge in [0.2, 0.25) is 0 Å². The highest BCUT2D eigenvalue weighted by atomic mass is 16.6. The van der Waals surface area contributed by atoms with Crippen LogP contribution in [0.4, 0.5) is 21.0 Å². The summed E-state index contributed by atoms with van der Waals surface area (Å²) in [7, 11) is 1.31. The molecule has 0 saturated heterocycles. The predicted octanol–water partition coefficient (Wildman–Crippen LogP) is 9.09. The summed E-state index contributed by atoms with van der Waals surface area (Å²) in [5.41, 5.74) is 2.24. The molecule has 0 spiro atoms. The summed E-state index contributed by atoms with van der Waals surface area (Å²) in [5.74, 6) is -1.09. The Morgan fingerprint density at radius 2 is 1.08 bits per heavy atom. The van der Waals surface area contributed by atoms with Crippen molar-refractivity contribution in [3.05, 3.63) is 119 Å². The molecule has 2 N–H and O–H groups in total. The molecule has 4 aromatic rings. The summed E-state index contributed by atoms with van der Waals surface area (Å²) in [6, 6.07) is 29.4. The summed E-state index contributed by atoms with van der Waals surface area (Å²) in [6.45, 7) is 13.6. The van der Waals surface area contributed by atoms with Gasteiger partial charge in [-0.05, 0) is 119 Å². The van der Waals surface area contributed by atoms with Crippen LogP contribution in [-0.2, 0) is 57.3 Å². The Labute approximate surface area is 370 Å². The van der Waals surface area contributed by atoms with Crippen LogP contribution in [0.25, 0.3) is 0 Å². The van der Waals surface area contributed by atoms with E-state index in [9.17, 15) is 19.2 Å². The van der Waals surface area contributed by atoms with Crippen molar-refractivity contribution in [3.8, 4) is 11.5 Å². The molecule has 0 aliphatic carbocycles. The quantitative estimate of drug-likeness (QED) is 0.0537. The van der Waals surface area contributed by atoms with E-state index in [0.717, 1.165) is 16.7 Å². The van der Waals surface area contributed by atoms with Crippen molar-refractivity contribution in [2.75, 3.05) is 57.4 Å². The molecule has 0 aliphatic heterocycles. The Bertz CT molecular complexity index is 2030. The first-order valence-electron chi connectivity index (χ1n) is 21.3. The minimum absolute atomic E-state index is 0.0316. The zero-order valence-corrected chi connectivity index (χ0v) is 37.7. The minimum atomic E-state index is -1.73. The van der Waals surface area contributed by atoms with E-state index >= 15 is 0 Å². The van der Waals surface area contributed by atoms with Crippen molar-refractivity contribution in [2.24, 2.45) is 0 Å². The normalized spacial score (nSPS) is 13.1. The lowest BCUT2D eigenvalue weighted by Gasteiger charge is -2.41. The third-order valence-electron chi connectivity index (χ3n) is 9.63. The van der Waals surface area contributed by atoms with Gasteiger partial charge in [-0.15, -0.1) is 0 Å². The molecular weight excluding hydrogens is 809 g/mol. The van der Waals surface area contributed by atoms with Gasteiger partial charge in [-0.1, -0.05) is 48.5 Å². The second-order valence-corrected chi connectivity index (χ2v) is 15.4. The highest BCUT2D eigenvalue weighted by Gasteiger charge is 2.55. The van der Waals surface area contributed by atoms with E-state index < -0.39 is 47.3 Å². The second-order valence-electron chi connectivity index (χ2n) is 15.4. The third kappa shape index (κ3) is 15.3. The molecule has 0 radical (unpaired) electrons. The Morgan fingerprint density at radius 3 is 1.54 bits per heavy atom. The molecule has 0 aromatic heterocycles. The lowest BCUT2D eigenvalue weighted by Crippen LogP contribution is -2.56. The molecule has 0 heterocycles. The van der Waals surface area contributed by atoms with Crippen LogP contribution >= 0.6 is 0 Å². The number of anilines is 2. The number of benzene rings is 4. The van der Waals surface area contributed by atoms with E-state index in [1.165, 1.54) is 7.11 Å². The first-order valence-corrected chi connectivity index (χ1v) is 21.3. The number of ether oxygens (including phenoxy) is 8. The zero-order chi connectivity index (χ0) is 45.8. The maximum atomic E-state index is 14.4. The molecule has 4 rings (SSSR count). The van der Waals surface area contributed by atoms with Gasteiger partial charge < -0.3 is 37.9 Å². The van der Waals surface area contributed by atoms with E-state index in [0.29, 0.717) is 54.5 Å². The van der Waals surface area contributed by atoms with Crippen LogP contribution in [0.2, 0.25) is 0 Å². The fraction of sp³-hybridized carbons (Fsp3) is 0.429. The maximum Gasteiger partial charge on any atom is 0.412 e. The van der Waals surface area contributed by atoms with E-state index in [2.05, 4.69) is 15.4 Å². The van der Waals surface area contributed by atoms with Crippen LogP contribution in [-0.4, -0.2) is 88.2 Å². The average Bonchev–Trinajstić information content (AvgIpc) is 3.25. The molecule has 1 unspecified atom stereocenters. The van der Waals surface area contributed by atoms with Crippen molar-refractivity contribution < 1.29 is 57.1 Å². The van der Waals surface area contributed by atoms with Crippen molar-refractivity contribution >= 4 is 35.5 Å². The lowest BCUT2D eigenvalue weighted by atomic mass is 9.74. The standard InChI is InChI=1S/C49H62N2O12/c1-9-57-43(44(52)58-10-2)42(37-19-27-41(28-20-37)61-32-30-35-15-23-39(24-16-35)51-47(55)63-48(5,6)7)49(62-12-4,45(53)59-11-3)33-36-17-25-40(26-18-36)60-31-29-34-13-21-38(22-14-34)50-46(54)56-8/h13-28,42-43H,9-12,29-33H2,1-8H3,(H,50,54)(H,51,55)/t42?,43-,49-/m0/s1. The maximum absolute atomic E-state index is 14.4. The summed E-state index contributed by atoms with van der Waals surface area (Å²) in [4.78, 5) is 51.8. The fourth-order valence-electron chi connectivity index (χ4n) is 6.86. The largest absolute Gasteiger partial charge is 0.493 e. The van der Waals surface area contributed by atoms with Crippen LogP contribution in [0.3, 0.4) is 0 Å². The number of hydrogen-bond acceptors (Lipinski definition) is 12. The van der Waals surface area contributed by atoms with E-state index in [4.69, 9.17) is 33.2 Å². The van der Waals surface area contributed by atoms with Crippen LogP contribution in [0.15, 0.2) is 97.1 Å². The van der Waals surface area contributed by atoms with Gasteiger partial charge in [0, 0.05) is 43.9 Å². The van der Waals surface area contributed by atoms with Gasteiger partial charge >= 0.3 is 24.1 Å². The molecule has 0 saturated carbocycles. The second kappa shape index (κ2) is 24.5. The smallest absolute Gasteiger partial charge is 0.412 e.